The lowest BCUT2D eigenvalue weighted by Crippen LogP contribution is -2.36. The number of hydrogen-bond acceptors (Lipinski definition) is 4. The van der Waals surface area contributed by atoms with Crippen molar-refractivity contribution in [1.29, 1.82) is 0 Å². The van der Waals surface area contributed by atoms with E-state index in [2.05, 4.69) is 246 Å². The number of anilines is 3. The number of carbonyl (C=O) groups excluding carboxylic acids is 2. The van der Waals surface area contributed by atoms with Crippen LogP contribution in [0.15, 0.2) is 264 Å². The van der Waals surface area contributed by atoms with E-state index in [1.165, 1.54) is 84.9 Å². The molecule has 7 heteroatoms. The molecule has 13 aromatic rings. The lowest BCUT2D eigenvalue weighted by molar-refractivity contribution is 0.0650. The average Bonchev–Trinajstić information content (AvgIpc) is 1.75. The van der Waals surface area contributed by atoms with Crippen molar-refractivity contribution in [3.05, 3.63) is 342 Å². The number of benzene rings is 12. The number of rotatable bonds is 1. The fraction of sp³-hybridized carbons (Fsp3) is 0.0641. The summed E-state index contributed by atoms with van der Waals surface area (Å²) in [6.45, 7) is 4.27. The molecule has 0 fully saturated rings. The molecule has 5 aliphatic rings. The van der Waals surface area contributed by atoms with E-state index in [4.69, 9.17) is 0 Å². The van der Waals surface area contributed by atoms with Gasteiger partial charge in [-0.05, 0) is 132 Å². The third-order valence-electron chi connectivity index (χ3n) is 18.8. The molecule has 3 aliphatic carbocycles. The van der Waals surface area contributed by atoms with Crippen molar-refractivity contribution in [1.82, 2.24) is 9.47 Å². The molecule has 6 nitrogen and oxygen atoms in total. The minimum atomic E-state index is -0.448. The Labute approximate surface area is 499 Å². The van der Waals surface area contributed by atoms with Crippen molar-refractivity contribution < 1.29 is 9.59 Å². The van der Waals surface area contributed by atoms with Crippen LogP contribution < -0.4 is 15.8 Å². The monoisotopic (exact) mass is 1160 g/mol. The summed E-state index contributed by atoms with van der Waals surface area (Å²) in [5.41, 5.74) is 22.9. The molecular formula is C78H52BrN3O3. The number of amides is 2. The SMILES string of the molecule is C=c1c2cccc3c(N4c5ccccc5C5(c6ccccc6-c6ccccc65)c5ccccc54)ccc(c(=O)n1C)c32.CN1C(=O)c2cccc3c(Br)ccc(c23)C1=O.c1ccc2c(c1)Cc1ccccc1C21c2ccccc2-c2ccccc21. The van der Waals surface area contributed by atoms with E-state index < -0.39 is 5.41 Å². The Morgan fingerprint density at radius 1 is 0.353 bits per heavy atom. The van der Waals surface area contributed by atoms with Gasteiger partial charge in [0.15, 0.2) is 0 Å². The predicted octanol–water partition coefficient (Wildman–Crippen LogP) is 16.7. The summed E-state index contributed by atoms with van der Waals surface area (Å²) in [6.07, 6.45) is 1.01. The zero-order valence-electron chi connectivity index (χ0n) is 46.6. The van der Waals surface area contributed by atoms with Crippen molar-refractivity contribution in [2.75, 3.05) is 11.9 Å². The fourth-order valence-electron chi connectivity index (χ4n) is 15.2. The number of aromatic nitrogens is 1. The summed E-state index contributed by atoms with van der Waals surface area (Å²) in [6, 6.07) is 90.8. The van der Waals surface area contributed by atoms with Crippen LogP contribution in [0, 0.1) is 0 Å². The number of fused-ring (bicyclic) bond motifs is 18. The lowest BCUT2D eigenvalue weighted by atomic mass is 9.61. The zero-order valence-corrected chi connectivity index (χ0v) is 48.2. The second kappa shape index (κ2) is 18.9. The Kier molecular flexibility index (Phi) is 11.2. The molecule has 2 aliphatic heterocycles. The van der Waals surface area contributed by atoms with Crippen molar-refractivity contribution in [2.45, 2.75) is 17.3 Å². The van der Waals surface area contributed by atoms with E-state index in [0.29, 0.717) is 16.5 Å². The molecule has 12 aromatic carbocycles. The van der Waals surface area contributed by atoms with Gasteiger partial charge < -0.3 is 9.47 Å². The van der Waals surface area contributed by atoms with Crippen LogP contribution in [0.1, 0.15) is 76.4 Å². The summed E-state index contributed by atoms with van der Waals surface area (Å²) in [5, 5.41) is 6.10. The summed E-state index contributed by atoms with van der Waals surface area (Å²) in [7, 11) is 3.31. The Balaban J connectivity index is 0.000000116. The van der Waals surface area contributed by atoms with Crippen LogP contribution >= 0.6 is 15.9 Å². The van der Waals surface area contributed by atoms with Crippen molar-refractivity contribution in [3.8, 4) is 22.3 Å². The van der Waals surface area contributed by atoms with E-state index in [0.717, 1.165) is 65.1 Å². The molecule has 0 saturated heterocycles. The average molecular weight is 1160 g/mol. The molecule has 0 bridgehead atoms. The Morgan fingerprint density at radius 2 is 0.753 bits per heavy atom. The van der Waals surface area contributed by atoms with Gasteiger partial charge in [0, 0.05) is 62.0 Å². The number of hydrogen-bond donors (Lipinski definition) is 0. The molecule has 3 heterocycles. The maximum atomic E-state index is 13.4. The number of imide groups is 1. The molecule has 18 rings (SSSR count). The molecule has 404 valence electrons. The third kappa shape index (κ3) is 6.84. The number of carbonyl (C=O) groups is 2. The molecule has 0 saturated carbocycles. The molecule has 0 atom stereocenters. The van der Waals surface area contributed by atoms with E-state index in [-0.39, 0.29) is 22.8 Å². The van der Waals surface area contributed by atoms with Crippen molar-refractivity contribution in [2.24, 2.45) is 7.05 Å². The second-order valence-corrected chi connectivity index (χ2v) is 23.6. The maximum Gasteiger partial charge on any atom is 0.261 e. The maximum absolute atomic E-state index is 13.4. The molecule has 0 radical (unpaired) electrons. The summed E-state index contributed by atoms with van der Waals surface area (Å²) in [4.78, 5) is 40.9. The van der Waals surface area contributed by atoms with Gasteiger partial charge in [-0.1, -0.05) is 235 Å². The largest absolute Gasteiger partial charge is 0.311 e. The van der Waals surface area contributed by atoms with E-state index >= 15 is 0 Å². The first-order chi connectivity index (χ1) is 41.6. The lowest BCUT2D eigenvalue weighted by Gasteiger charge is -2.45. The van der Waals surface area contributed by atoms with Crippen LogP contribution in [0.25, 0.3) is 61.2 Å². The number of halogens is 1. The predicted molar refractivity (Wildman–Crippen MR) is 348 cm³/mol. The highest BCUT2D eigenvalue weighted by Gasteiger charge is 2.52. The van der Waals surface area contributed by atoms with Crippen LogP contribution in [-0.2, 0) is 24.3 Å². The first-order valence-corrected chi connectivity index (χ1v) is 29.5. The van der Waals surface area contributed by atoms with Gasteiger partial charge in [-0.15, -0.1) is 0 Å². The first kappa shape index (κ1) is 50.5. The summed E-state index contributed by atoms with van der Waals surface area (Å²) < 4.78 is 2.55. The van der Waals surface area contributed by atoms with Gasteiger partial charge in [-0.3, -0.25) is 19.3 Å². The van der Waals surface area contributed by atoms with Gasteiger partial charge in [0.2, 0.25) is 0 Å². The Morgan fingerprint density at radius 3 is 1.28 bits per heavy atom. The molecule has 2 amide bonds. The summed E-state index contributed by atoms with van der Waals surface area (Å²) in [5.74, 6) is -0.489. The van der Waals surface area contributed by atoms with E-state index in [1.807, 2.05) is 24.3 Å². The highest BCUT2D eigenvalue weighted by molar-refractivity contribution is 9.10. The van der Waals surface area contributed by atoms with Crippen LogP contribution in [0.3, 0.4) is 0 Å². The molecule has 1 aromatic heterocycles. The minimum Gasteiger partial charge on any atom is -0.311 e. The smallest absolute Gasteiger partial charge is 0.261 e. The van der Waals surface area contributed by atoms with Crippen molar-refractivity contribution in [3.63, 3.8) is 0 Å². The third-order valence-corrected chi connectivity index (χ3v) is 19.5. The zero-order chi connectivity index (χ0) is 57.5. The molecule has 0 unspecified atom stereocenters. The van der Waals surface area contributed by atoms with Gasteiger partial charge in [0.25, 0.3) is 17.4 Å². The molecular weight excluding hydrogens is 1110 g/mol. The fourth-order valence-corrected chi connectivity index (χ4v) is 15.7. The number of pyridine rings is 1. The van der Waals surface area contributed by atoms with Crippen LogP contribution in [0.2, 0.25) is 0 Å². The minimum absolute atomic E-state index is 0.0205. The normalized spacial score (nSPS) is 14.5. The standard InChI is InChI=1S/C39H26N2O.C26H18.C13H8BrNO2/c1-24-25-14-11-15-28-34(23-22-29(37(25)28)38(42)40(24)2)41-35-20-9-7-18-32(35)39(33-19-8-10-21-36(33)41)30-16-5-3-12-26(30)27-13-4-6-17-31(27)39;1-5-13-22-18(9-1)17-19-10-2-6-14-23(19)26(22)24-15-7-3-11-20(24)21-12-4-8-16-25(21)26;1-15-12(16)8-4-2-3-7-10(14)6-5-9(11(7)8)13(15)17/h3-23H,1H2,2H3;1-16H,17H2;2-6H,1H3. The highest BCUT2D eigenvalue weighted by atomic mass is 79.9. The van der Waals surface area contributed by atoms with Crippen molar-refractivity contribution >= 4 is 83.7 Å². The highest BCUT2D eigenvalue weighted by Crippen LogP contribution is 2.64. The summed E-state index contributed by atoms with van der Waals surface area (Å²) >= 11 is 3.44. The molecule has 85 heavy (non-hydrogen) atoms. The van der Waals surface area contributed by atoms with Gasteiger partial charge >= 0.3 is 0 Å². The van der Waals surface area contributed by atoms with Gasteiger partial charge in [0.05, 0.1) is 27.9 Å². The number of para-hydroxylation sites is 2. The van der Waals surface area contributed by atoms with Gasteiger partial charge in [-0.25, -0.2) is 0 Å². The Bertz CT molecular complexity index is 4930. The molecule has 2 spiro atoms. The van der Waals surface area contributed by atoms with E-state index in [9.17, 15) is 14.4 Å². The van der Waals surface area contributed by atoms with Gasteiger partial charge in [-0.2, -0.15) is 0 Å². The number of nitrogens with zero attached hydrogens (tertiary/aromatic N) is 3. The van der Waals surface area contributed by atoms with Crippen LogP contribution in [0.5, 0.6) is 0 Å². The van der Waals surface area contributed by atoms with Crippen LogP contribution in [0.4, 0.5) is 17.1 Å². The second-order valence-electron chi connectivity index (χ2n) is 22.7. The first-order valence-electron chi connectivity index (χ1n) is 28.7. The Hall–Kier alpha value is -10.2. The quantitative estimate of drug-likeness (QED) is 0.154. The topological polar surface area (TPSA) is 62.6 Å². The van der Waals surface area contributed by atoms with Gasteiger partial charge in [0.1, 0.15) is 0 Å². The van der Waals surface area contributed by atoms with Crippen LogP contribution in [-0.4, -0.2) is 28.3 Å². The van der Waals surface area contributed by atoms with E-state index in [1.54, 1.807) is 23.7 Å². The molecule has 0 N–H and O–H groups in total.